The first-order valence-corrected chi connectivity index (χ1v) is 11.6. The van der Waals surface area contributed by atoms with E-state index in [1.165, 1.54) is 11.1 Å². The van der Waals surface area contributed by atoms with Crippen LogP contribution in [0.15, 0.2) is 60.8 Å². The first-order chi connectivity index (χ1) is 15.3. The quantitative estimate of drug-likeness (QED) is 0.445. The Morgan fingerprint density at radius 1 is 1.12 bits per heavy atom. The minimum atomic E-state index is -0.414. The molecule has 0 fully saturated rings. The van der Waals surface area contributed by atoms with Crippen molar-refractivity contribution in [3.05, 3.63) is 83.0 Å². The zero-order valence-corrected chi connectivity index (χ0v) is 21.0. The fourth-order valence-corrected chi connectivity index (χ4v) is 4.87. The van der Waals surface area contributed by atoms with Crippen molar-refractivity contribution in [3.63, 3.8) is 0 Å². The Bertz CT molecular complexity index is 1090. The molecular formula is C27H35ClN4O. The Kier molecular flexibility index (Phi) is 7.23. The van der Waals surface area contributed by atoms with Crippen LogP contribution in [-0.4, -0.2) is 15.7 Å². The molecule has 2 heterocycles. The van der Waals surface area contributed by atoms with Crippen molar-refractivity contribution in [2.45, 2.75) is 71.0 Å². The van der Waals surface area contributed by atoms with Crippen LogP contribution in [0.5, 0.6) is 0 Å². The van der Waals surface area contributed by atoms with E-state index < -0.39 is 5.54 Å². The fourth-order valence-electron chi connectivity index (χ4n) is 4.87. The molecule has 0 aliphatic carbocycles. The lowest BCUT2D eigenvalue weighted by Crippen LogP contribution is -2.45. The second-order valence-corrected chi connectivity index (χ2v) is 9.55. The summed E-state index contributed by atoms with van der Waals surface area (Å²) in [6.45, 7) is 10.7. The number of carbonyl (C=O) groups excluding carboxylic acids is 1. The Morgan fingerprint density at radius 2 is 1.76 bits per heavy atom. The van der Waals surface area contributed by atoms with Crippen LogP contribution in [0.2, 0.25) is 0 Å². The zero-order valence-electron chi connectivity index (χ0n) is 20.2. The van der Waals surface area contributed by atoms with Gasteiger partial charge in [-0.3, -0.25) is 4.79 Å². The van der Waals surface area contributed by atoms with Gasteiger partial charge >= 0.3 is 0 Å². The summed E-state index contributed by atoms with van der Waals surface area (Å²) in [5.41, 5.74) is 3.54. The van der Waals surface area contributed by atoms with Crippen LogP contribution in [0.4, 0.5) is 5.82 Å². The monoisotopic (exact) mass is 466 g/mol. The van der Waals surface area contributed by atoms with Crippen LogP contribution in [0, 0.1) is 6.92 Å². The molecule has 0 saturated carbocycles. The number of fused-ring (bicyclic) bond motifs is 1. The van der Waals surface area contributed by atoms with Crippen LogP contribution in [-0.2, 0) is 11.1 Å². The molecule has 33 heavy (non-hydrogen) atoms. The van der Waals surface area contributed by atoms with Crippen molar-refractivity contribution in [1.82, 2.24) is 15.1 Å². The second-order valence-electron chi connectivity index (χ2n) is 9.55. The maximum atomic E-state index is 13.6. The van der Waals surface area contributed by atoms with E-state index in [0.29, 0.717) is 5.56 Å². The highest BCUT2D eigenvalue weighted by molar-refractivity contribution is 5.99. The molecule has 4 rings (SSSR count). The Labute approximate surface area is 203 Å². The maximum absolute atomic E-state index is 13.6. The number of rotatable bonds is 6. The molecule has 3 aromatic rings. The van der Waals surface area contributed by atoms with Gasteiger partial charge in [-0.15, -0.1) is 12.4 Å². The van der Waals surface area contributed by atoms with E-state index in [0.717, 1.165) is 30.6 Å². The average molecular weight is 467 g/mol. The van der Waals surface area contributed by atoms with Gasteiger partial charge in [0.05, 0.1) is 23.3 Å². The molecule has 2 aromatic carbocycles. The van der Waals surface area contributed by atoms with Gasteiger partial charge in [-0.05, 0) is 51.2 Å². The highest BCUT2D eigenvalue weighted by Gasteiger charge is 2.38. The van der Waals surface area contributed by atoms with Gasteiger partial charge in [0.1, 0.15) is 11.4 Å². The number of anilines is 1. The molecule has 6 heteroatoms. The van der Waals surface area contributed by atoms with Crippen molar-refractivity contribution in [2.24, 2.45) is 0 Å². The molecular weight excluding hydrogens is 432 g/mol. The summed E-state index contributed by atoms with van der Waals surface area (Å²) in [4.78, 5) is 13.6. The predicted octanol–water partition coefficient (Wildman–Crippen LogP) is 6.35. The molecule has 0 unspecified atom stereocenters. The number of hydrogen-bond acceptors (Lipinski definition) is 3. The highest BCUT2D eigenvalue weighted by atomic mass is 35.5. The highest BCUT2D eigenvalue weighted by Crippen LogP contribution is 2.40. The van der Waals surface area contributed by atoms with Crippen LogP contribution in [0.1, 0.15) is 80.0 Å². The first-order valence-electron chi connectivity index (χ1n) is 11.6. The Balaban J connectivity index is 0.00000306. The fraction of sp³-hybridized carbons (Fsp3) is 0.407. The van der Waals surface area contributed by atoms with Gasteiger partial charge in [-0.2, -0.15) is 5.10 Å². The molecule has 0 saturated heterocycles. The van der Waals surface area contributed by atoms with Crippen molar-refractivity contribution < 1.29 is 4.79 Å². The van der Waals surface area contributed by atoms with Gasteiger partial charge in [0.2, 0.25) is 0 Å². The summed E-state index contributed by atoms with van der Waals surface area (Å²) >= 11 is 0. The molecule has 1 aliphatic rings. The summed E-state index contributed by atoms with van der Waals surface area (Å²) in [6, 6.07) is 19.0. The molecule has 2 N–H and O–H groups in total. The van der Waals surface area contributed by atoms with E-state index in [4.69, 9.17) is 0 Å². The third kappa shape index (κ3) is 4.65. The number of halogens is 1. The van der Waals surface area contributed by atoms with E-state index in [1.807, 2.05) is 10.7 Å². The largest absolute Gasteiger partial charge is 0.363 e. The van der Waals surface area contributed by atoms with Crippen LogP contribution < -0.4 is 10.6 Å². The maximum Gasteiger partial charge on any atom is 0.257 e. The topological polar surface area (TPSA) is 59.0 Å². The van der Waals surface area contributed by atoms with Gasteiger partial charge in [0, 0.05) is 0 Å². The van der Waals surface area contributed by atoms with E-state index in [1.54, 1.807) is 6.20 Å². The number of benzene rings is 2. The number of amides is 1. The summed E-state index contributed by atoms with van der Waals surface area (Å²) in [7, 11) is 0. The van der Waals surface area contributed by atoms with Gasteiger partial charge in [-0.25, -0.2) is 4.68 Å². The number of nitrogens with zero attached hydrogens (tertiary/aromatic N) is 2. The molecule has 1 aliphatic heterocycles. The Morgan fingerprint density at radius 3 is 2.36 bits per heavy atom. The van der Waals surface area contributed by atoms with Crippen LogP contribution in [0.3, 0.4) is 0 Å². The number of hydrogen-bond donors (Lipinski definition) is 2. The van der Waals surface area contributed by atoms with Crippen molar-refractivity contribution in [3.8, 4) is 0 Å². The summed E-state index contributed by atoms with van der Waals surface area (Å²) in [5.74, 6) is 0.699. The standard InChI is InChI=1S/C27H34N4O.ClH/c1-6-27(7-2,21-15-13-19(3)14-16-21)30-25(32)22-18-28-31-24(22)29-23(17-26(31,4)5)20-11-9-8-10-12-20;/h8-16,18,23,29H,6-7,17H2,1-5H3,(H,30,32);1H/t23-;/m1./s1. The molecule has 176 valence electrons. The molecule has 1 aromatic heterocycles. The molecule has 0 spiro atoms. The summed E-state index contributed by atoms with van der Waals surface area (Å²) in [6.07, 6.45) is 4.22. The zero-order chi connectivity index (χ0) is 22.9. The third-order valence-corrected chi connectivity index (χ3v) is 6.97. The van der Waals surface area contributed by atoms with Crippen molar-refractivity contribution >= 4 is 24.1 Å². The van der Waals surface area contributed by atoms with Gasteiger partial charge < -0.3 is 10.6 Å². The van der Waals surface area contributed by atoms with Gasteiger partial charge in [0.15, 0.2) is 0 Å². The normalized spacial score (nSPS) is 16.8. The smallest absolute Gasteiger partial charge is 0.257 e. The van der Waals surface area contributed by atoms with E-state index in [9.17, 15) is 4.79 Å². The number of aromatic nitrogens is 2. The number of nitrogens with one attached hydrogen (secondary N) is 2. The second kappa shape index (κ2) is 9.60. The summed E-state index contributed by atoms with van der Waals surface area (Å²) < 4.78 is 1.97. The van der Waals surface area contributed by atoms with Crippen LogP contribution in [0.25, 0.3) is 0 Å². The van der Waals surface area contributed by atoms with Crippen molar-refractivity contribution in [2.75, 3.05) is 5.32 Å². The Hall–Kier alpha value is -2.79. The SMILES string of the molecule is CCC(CC)(NC(=O)c1cnn2c1N[C@@H](c1ccccc1)CC2(C)C)c1ccc(C)cc1.Cl. The first kappa shape index (κ1) is 24.8. The van der Waals surface area contributed by atoms with E-state index in [-0.39, 0.29) is 29.9 Å². The summed E-state index contributed by atoms with van der Waals surface area (Å²) in [5, 5.41) is 11.6. The average Bonchev–Trinajstić information content (AvgIpc) is 3.24. The van der Waals surface area contributed by atoms with Crippen molar-refractivity contribution in [1.29, 1.82) is 0 Å². The molecule has 0 radical (unpaired) electrons. The lowest BCUT2D eigenvalue weighted by Gasteiger charge is -2.38. The molecule has 1 atom stereocenters. The third-order valence-electron chi connectivity index (χ3n) is 6.97. The lowest BCUT2D eigenvalue weighted by molar-refractivity contribution is 0.0890. The molecule has 0 bridgehead atoms. The van der Waals surface area contributed by atoms with E-state index in [2.05, 4.69) is 98.9 Å². The minimum Gasteiger partial charge on any atom is -0.363 e. The van der Waals surface area contributed by atoms with Gasteiger partial charge in [-0.1, -0.05) is 74.0 Å². The van der Waals surface area contributed by atoms with Gasteiger partial charge in [0.25, 0.3) is 5.91 Å². The molecule has 1 amide bonds. The lowest BCUT2D eigenvalue weighted by atomic mass is 9.84. The van der Waals surface area contributed by atoms with Crippen LogP contribution >= 0.6 is 12.4 Å². The number of aryl methyl sites for hydroxylation is 1. The minimum absolute atomic E-state index is 0. The molecule has 5 nitrogen and oxygen atoms in total. The number of carbonyl (C=O) groups is 1. The van der Waals surface area contributed by atoms with E-state index >= 15 is 0 Å². The predicted molar refractivity (Wildman–Crippen MR) is 137 cm³/mol.